The van der Waals surface area contributed by atoms with Gasteiger partial charge in [-0.05, 0) is 94.3 Å². The molecule has 57 heavy (non-hydrogen) atoms. The minimum absolute atomic E-state index is 0.00591. The zero-order valence-corrected chi connectivity index (χ0v) is 35.2. The number of ether oxygens (including phenoxy) is 1. The molecule has 4 saturated carbocycles. The lowest BCUT2D eigenvalue weighted by Gasteiger charge is -2.73. The molecule has 19 atom stereocenters. The lowest BCUT2D eigenvalue weighted by Crippen LogP contribution is -2.95. The highest BCUT2D eigenvalue weighted by Crippen LogP contribution is 2.80. The first-order chi connectivity index (χ1) is 26.9. The Balaban J connectivity index is 1.24. The maximum absolute atomic E-state index is 15.4. The number of unbranched alkanes of at least 4 members (excludes halogenated alkanes) is 3. The summed E-state index contributed by atoms with van der Waals surface area (Å²) in [6, 6.07) is 0. The van der Waals surface area contributed by atoms with Gasteiger partial charge in [0.1, 0.15) is 12.3 Å². The van der Waals surface area contributed by atoms with E-state index in [1.54, 1.807) is 13.8 Å². The summed E-state index contributed by atoms with van der Waals surface area (Å²) in [6.07, 6.45) is 14.5. The van der Waals surface area contributed by atoms with Crippen molar-refractivity contribution in [3.63, 3.8) is 0 Å². The molecule has 10 N–H and O–H groups in total. The van der Waals surface area contributed by atoms with Crippen LogP contribution in [0.5, 0.6) is 0 Å². The fraction of sp³-hybridized carbons (Fsp3) is 0.870. The van der Waals surface area contributed by atoms with E-state index in [-0.39, 0.29) is 54.8 Å². The molecule has 6 fully saturated rings. The fourth-order valence-electron chi connectivity index (χ4n) is 15.2. The molecule has 0 aromatic carbocycles. The maximum atomic E-state index is 15.4. The molecule has 2 bridgehead atoms. The lowest BCUT2D eigenvalue weighted by molar-refractivity contribution is -0.704. The van der Waals surface area contributed by atoms with Crippen molar-refractivity contribution >= 4 is 11.5 Å². The normalized spacial score (nSPS) is 51.5. The Morgan fingerprint density at radius 2 is 1.86 bits per heavy atom. The van der Waals surface area contributed by atoms with E-state index in [1.165, 1.54) is 19.3 Å². The van der Waals surface area contributed by atoms with Crippen LogP contribution in [-0.4, -0.2) is 110 Å². The zero-order valence-electron chi connectivity index (χ0n) is 35.2. The molecule has 9 aliphatic rings. The number of ketones is 1. The quantitative estimate of drug-likeness (QED) is 0.114. The van der Waals surface area contributed by atoms with Gasteiger partial charge >= 0.3 is 0 Å². The van der Waals surface area contributed by atoms with Gasteiger partial charge in [-0.25, -0.2) is 0 Å². The van der Waals surface area contributed by atoms with Crippen LogP contribution in [0.25, 0.3) is 0 Å². The zero-order chi connectivity index (χ0) is 40.9. The van der Waals surface area contributed by atoms with E-state index in [0.29, 0.717) is 38.2 Å². The molecule has 0 amide bonds. The molecule has 11 nitrogen and oxygen atoms in total. The van der Waals surface area contributed by atoms with E-state index in [2.05, 4.69) is 50.4 Å². The molecular formula is C46H74N3O8+. The van der Waals surface area contributed by atoms with Gasteiger partial charge in [0.15, 0.2) is 5.78 Å². The Labute approximate surface area is 340 Å². The highest BCUT2D eigenvalue weighted by atomic mass is 16.5. The number of rotatable bonds is 11. The van der Waals surface area contributed by atoms with Crippen LogP contribution in [0.15, 0.2) is 29.3 Å². The summed E-state index contributed by atoms with van der Waals surface area (Å²) in [5.41, 5.74) is 0.483. The third kappa shape index (κ3) is 6.04. The Morgan fingerprint density at radius 1 is 1.09 bits per heavy atom. The van der Waals surface area contributed by atoms with Crippen molar-refractivity contribution in [3.8, 4) is 0 Å². The molecule has 11 heteroatoms. The number of nitrogens with zero attached hydrogens (tertiary/aromatic N) is 1. The van der Waals surface area contributed by atoms with E-state index in [9.17, 15) is 30.6 Å². The third-order valence-electron chi connectivity index (χ3n) is 18.2. The van der Waals surface area contributed by atoms with Crippen LogP contribution >= 0.6 is 0 Å². The number of aliphatic hydroxyl groups excluding tert-OH is 4. The number of allylic oxidation sites excluding steroid dienone is 4. The first-order valence-electron chi connectivity index (χ1n) is 22.8. The van der Waals surface area contributed by atoms with Gasteiger partial charge in [0.25, 0.3) is 0 Å². The van der Waals surface area contributed by atoms with Crippen molar-refractivity contribution < 1.29 is 45.5 Å². The van der Waals surface area contributed by atoms with Crippen LogP contribution in [-0.2, 0) is 9.53 Å². The van der Waals surface area contributed by atoms with Gasteiger partial charge in [-0.1, -0.05) is 70.8 Å². The molecule has 0 aromatic rings. The van der Waals surface area contributed by atoms with Gasteiger partial charge in [-0.15, -0.1) is 0 Å². The molecule has 320 valence electrons. The molecule has 9 rings (SSSR count). The highest BCUT2D eigenvalue weighted by molar-refractivity contribution is 6.43. The van der Waals surface area contributed by atoms with Crippen LogP contribution in [0.2, 0.25) is 0 Å². The number of hydrogen-bond donors (Lipinski definition) is 8. The summed E-state index contributed by atoms with van der Waals surface area (Å²) in [4.78, 5) is 20.3. The molecule has 2 spiro atoms. The first kappa shape index (κ1) is 42.2. The fourth-order valence-corrected chi connectivity index (χ4v) is 15.2. The van der Waals surface area contributed by atoms with Crippen LogP contribution in [0.4, 0.5) is 0 Å². The number of quaternary nitrogens is 1. The SMILES string of the molecule is CCCCCC[C@H]1CO[C@@H]([C@@H](O)[C@](C)(O)[C@@H]2CC[C@]3(O)[C@H]4C(=NC[C@H](C)O)C(=O)[C@@H]5C[C@@H](O)[C@@H](O)C[C@@]56C[C@]5(C7CCC(N)[NH2+]C7)C=CC(C[C@]23C)[C@@]46C=C5)[C@H]1C. The van der Waals surface area contributed by atoms with Gasteiger partial charge < -0.3 is 40.7 Å². The molecule has 2 aliphatic heterocycles. The van der Waals surface area contributed by atoms with Crippen molar-refractivity contribution in [2.24, 2.45) is 73.8 Å². The Morgan fingerprint density at radius 3 is 2.56 bits per heavy atom. The minimum atomic E-state index is -1.62. The van der Waals surface area contributed by atoms with Gasteiger partial charge in [-0.2, -0.15) is 0 Å². The summed E-state index contributed by atoms with van der Waals surface area (Å²) >= 11 is 0. The number of nitrogens with two attached hydrogens (primary N) is 2. The van der Waals surface area contributed by atoms with Crippen LogP contribution in [0.3, 0.4) is 0 Å². The maximum Gasteiger partial charge on any atom is 0.180 e. The highest BCUT2D eigenvalue weighted by Gasteiger charge is 2.82. The average molecular weight is 797 g/mol. The predicted molar refractivity (Wildman–Crippen MR) is 217 cm³/mol. The number of carbonyl (C=O) groups excluding carboxylic acids is 1. The van der Waals surface area contributed by atoms with Gasteiger partial charge in [-0.3, -0.25) is 15.5 Å². The van der Waals surface area contributed by atoms with Gasteiger partial charge in [0.05, 0.1) is 61.0 Å². The Hall–Kier alpha value is -1.54. The molecular weight excluding hydrogens is 723 g/mol. The standard InChI is InChI=1S/C46H73N3O8/c1-6-7-8-9-10-28-24-57-38(27(28)3)40(54)42(5,55)34-14-16-46(56)39-36(49-22-26(2)50)37(53)31-19-32(51)33(52)21-44(31)25-43(30-11-12-35(47)48-23-30)15-13-29(20-41(34,46)4)45(39,44)18-17-43/h13,15,17-18,26-35,38-40,48,50-52,54-56H,6-12,14,16,19-25,47H2,1-5H3/p+1/t26-,27-,28-,29?,30?,31-,32+,33-,34+,35?,38+,39-,40+,41+,42+,43-,44+,45-,46-/m0/s1. The summed E-state index contributed by atoms with van der Waals surface area (Å²) in [5, 5.41) is 74.7. The van der Waals surface area contributed by atoms with E-state index >= 15 is 4.79 Å². The first-order valence-corrected chi connectivity index (χ1v) is 22.8. The molecule has 0 radical (unpaired) electrons. The number of Topliss-reactive ketones (excluding diaryl/α,β-unsaturated/α-hetero) is 1. The number of aliphatic imine (C=N–C) groups is 1. The van der Waals surface area contributed by atoms with E-state index in [0.717, 1.165) is 32.2 Å². The summed E-state index contributed by atoms with van der Waals surface area (Å²) in [6.45, 7) is 11.2. The summed E-state index contributed by atoms with van der Waals surface area (Å²) in [7, 11) is 0. The molecule has 2 heterocycles. The lowest BCUT2D eigenvalue weighted by atomic mass is 9.30. The van der Waals surface area contributed by atoms with E-state index in [4.69, 9.17) is 15.5 Å². The summed E-state index contributed by atoms with van der Waals surface area (Å²) in [5.74, 6) is -1.77. The van der Waals surface area contributed by atoms with E-state index < -0.39 is 81.1 Å². The second-order valence-electron chi connectivity index (χ2n) is 21.2. The predicted octanol–water partition coefficient (Wildman–Crippen LogP) is 2.79. The van der Waals surface area contributed by atoms with Crippen molar-refractivity contribution in [2.45, 2.75) is 166 Å². The number of aliphatic hydroxyl groups is 6. The minimum Gasteiger partial charge on any atom is -0.391 e. The van der Waals surface area contributed by atoms with Gasteiger partial charge in [0.2, 0.25) is 0 Å². The second-order valence-corrected chi connectivity index (χ2v) is 21.2. The number of carbonyl (C=O) groups is 1. The smallest absolute Gasteiger partial charge is 0.180 e. The Bertz CT molecular complexity index is 1630. The Kier molecular flexibility index (Phi) is 11.0. The van der Waals surface area contributed by atoms with Crippen molar-refractivity contribution in [1.82, 2.24) is 0 Å². The van der Waals surface area contributed by atoms with Crippen molar-refractivity contribution in [1.29, 1.82) is 0 Å². The van der Waals surface area contributed by atoms with Gasteiger partial charge in [0, 0.05) is 40.4 Å². The average Bonchev–Trinajstić information content (AvgIpc) is 3.57. The number of hydrogen-bond acceptors (Lipinski definition) is 10. The summed E-state index contributed by atoms with van der Waals surface area (Å²) < 4.78 is 6.35. The van der Waals surface area contributed by atoms with Crippen LogP contribution in [0.1, 0.15) is 118 Å². The number of piperidine rings is 1. The molecule has 7 aliphatic carbocycles. The third-order valence-corrected chi connectivity index (χ3v) is 18.2. The van der Waals surface area contributed by atoms with Crippen LogP contribution in [0, 0.1) is 63.1 Å². The van der Waals surface area contributed by atoms with Crippen LogP contribution < -0.4 is 11.1 Å². The molecule has 0 aromatic heterocycles. The topological polar surface area (TPSA) is 203 Å². The molecule has 2 saturated heterocycles. The second kappa shape index (κ2) is 14.8. The number of fused-ring (bicyclic) bond motifs is 2. The molecule has 3 unspecified atom stereocenters. The van der Waals surface area contributed by atoms with Crippen molar-refractivity contribution in [2.75, 3.05) is 19.7 Å². The monoisotopic (exact) mass is 797 g/mol. The van der Waals surface area contributed by atoms with Crippen molar-refractivity contribution in [3.05, 3.63) is 24.3 Å². The largest absolute Gasteiger partial charge is 0.391 e. The van der Waals surface area contributed by atoms with E-state index in [1.807, 2.05) is 0 Å².